The van der Waals surface area contributed by atoms with Crippen LogP contribution in [-0.4, -0.2) is 56.0 Å². The molecular formula is C21H31FN2O5. The number of nitrogens with zero attached hydrogens (tertiary/aromatic N) is 1. The van der Waals surface area contributed by atoms with Crippen LogP contribution in [0.3, 0.4) is 0 Å². The molecule has 0 aliphatic carbocycles. The highest BCUT2D eigenvalue weighted by atomic mass is 19.1. The van der Waals surface area contributed by atoms with Crippen molar-refractivity contribution in [2.75, 3.05) is 33.4 Å². The van der Waals surface area contributed by atoms with Gasteiger partial charge in [-0.25, -0.2) is 14.0 Å². The fourth-order valence-electron chi connectivity index (χ4n) is 3.35. The van der Waals surface area contributed by atoms with Crippen LogP contribution in [0.1, 0.15) is 45.3 Å². The van der Waals surface area contributed by atoms with E-state index in [1.54, 1.807) is 11.0 Å². The van der Waals surface area contributed by atoms with Crippen molar-refractivity contribution in [3.8, 4) is 0 Å². The largest absolute Gasteiger partial charge is 0.453 e. The highest BCUT2D eigenvalue weighted by Gasteiger charge is 2.33. The Kier molecular flexibility index (Phi) is 8.25. The molecule has 1 aromatic carbocycles. The molecule has 162 valence electrons. The summed E-state index contributed by atoms with van der Waals surface area (Å²) in [6, 6.07) is 6.29. The van der Waals surface area contributed by atoms with Crippen LogP contribution in [0.2, 0.25) is 0 Å². The van der Waals surface area contributed by atoms with Gasteiger partial charge in [-0.05, 0) is 51.3 Å². The molecule has 0 aromatic heterocycles. The smallest absolute Gasteiger partial charge is 0.410 e. The van der Waals surface area contributed by atoms with Gasteiger partial charge < -0.3 is 24.4 Å². The van der Waals surface area contributed by atoms with Crippen molar-refractivity contribution < 1.29 is 28.2 Å². The van der Waals surface area contributed by atoms with Gasteiger partial charge in [-0.3, -0.25) is 0 Å². The minimum atomic E-state index is -0.567. The third-order valence-corrected chi connectivity index (χ3v) is 4.57. The standard InChI is InChI=1S/C21H31FN2O5/c1-21(2,3)29-20(26)24-11-6-8-16(14-24)18(15-7-5-9-17(22)13-15)28-12-10-23-19(25)27-4/h5,7,9,13,16,18H,6,8,10-12,14H2,1-4H3,(H,23,25)/t16?,18-/m0/s1. The van der Waals surface area contributed by atoms with Crippen LogP contribution < -0.4 is 5.32 Å². The zero-order valence-electron chi connectivity index (χ0n) is 17.6. The maximum atomic E-state index is 13.8. The number of ether oxygens (including phenoxy) is 3. The molecule has 0 saturated carbocycles. The number of carbonyl (C=O) groups excluding carboxylic acids is 2. The van der Waals surface area contributed by atoms with Crippen molar-refractivity contribution in [2.24, 2.45) is 5.92 Å². The molecule has 1 aromatic rings. The minimum Gasteiger partial charge on any atom is -0.453 e. The normalized spacial score (nSPS) is 18.1. The molecule has 29 heavy (non-hydrogen) atoms. The second-order valence-corrected chi connectivity index (χ2v) is 8.09. The van der Waals surface area contributed by atoms with Gasteiger partial charge in [0.1, 0.15) is 11.4 Å². The molecule has 2 amide bonds. The number of methoxy groups -OCH3 is 1. The summed E-state index contributed by atoms with van der Waals surface area (Å²) in [4.78, 5) is 25.4. The molecule has 0 bridgehead atoms. The molecule has 1 saturated heterocycles. The molecule has 0 spiro atoms. The Labute approximate surface area is 171 Å². The highest BCUT2D eigenvalue weighted by Crippen LogP contribution is 2.33. The molecule has 7 nitrogen and oxygen atoms in total. The van der Waals surface area contributed by atoms with Crippen molar-refractivity contribution in [3.63, 3.8) is 0 Å². The summed E-state index contributed by atoms with van der Waals surface area (Å²) in [7, 11) is 1.29. The number of likely N-dealkylation sites (tertiary alicyclic amines) is 1. The monoisotopic (exact) mass is 410 g/mol. The molecule has 1 aliphatic rings. The molecule has 2 atom stereocenters. The lowest BCUT2D eigenvalue weighted by molar-refractivity contribution is -0.0246. The van der Waals surface area contributed by atoms with Crippen molar-refractivity contribution in [1.82, 2.24) is 10.2 Å². The predicted octanol–water partition coefficient (Wildman–Crippen LogP) is 3.89. The maximum Gasteiger partial charge on any atom is 0.410 e. The van der Waals surface area contributed by atoms with Crippen LogP contribution in [0, 0.1) is 11.7 Å². The van der Waals surface area contributed by atoms with E-state index in [0.29, 0.717) is 18.7 Å². The predicted molar refractivity (Wildman–Crippen MR) is 106 cm³/mol. The van der Waals surface area contributed by atoms with Gasteiger partial charge in [0.2, 0.25) is 0 Å². The lowest BCUT2D eigenvalue weighted by atomic mass is 9.88. The second kappa shape index (κ2) is 10.4. The van der Waals surface area contributed by atoms with Crippen molar-refractivity contribution in [2.45, 2.75) is 45.3 Å². The van der Waals surface area contributed by atoms with E-state index in [9.17, 15) is 14.0 Å². The first-order valence-corrected chi connectivity index (χ1v) is 9.86. The number of piperidine rings is 1. The van der Waals surface area contributed by atoms with Gasteiger partial charge in [-0.2, -0.15) is 0 Å². The lowest BCUT2D eigenvalue weighted by Gasteiger charge is -2.37. The Morgan fingerprint density at radius 1 is 1.34 bits per heavy atom. The van der Waals surface area contributed by atoms with Crippen LogP contribution in [-0.2, 0) is 14.2 Å². The van der Waals surface area contributed by atoms with E-state index in [1.165, 1.54) is 19.2 Å². The number of benzene rings is 1. The van der Waals surface area contributed by atoms with Gasteiger partial charge in [0.15, 0.2) is 0 Å². The number of nitrogens with one attached hydrogen (secondary N) is 1. The second-order valence-electron chi connectivity index (χ2n) is 8.09. The van der Waals surface area contributed by atoms with Crippen LogP contribution in [0.15, 0.2) is 24.3 Å². The lowest BCUT2D eigenvalue weighted by Crippen LogP contribution is -2.44. The summed E-state index contributed by atoms with van der Waals surface area (Å²) in [6.45, 7) is 7.07. The van der Waals surface area contributed by atoms with E-state index in [1.807, 2.05) is 26.8 Å². The van der Waals surface area contributed by atoms with E-state index in [2.05, 4.69) is 10.1 Å². The molecule has 1 N–H and O–H groups in total. The topological polar surface area (TPSA) is 77.1 Å². The van der Waals surface area contributed by atoms with Gasteiger partial charge in [0, 0.05) is 25.6 Å². The van der Waals surface area contributed by atoms with Gasteiger partial charge in [0.05, 0.1) is 19.8 Å². The molecule has 0 radical (unpaired) electrons. The van der Waals surface area contributed by atoms with Gasteiger partial charge in [-0.1, -0.05) is 12.1 Å². The van der Waals surface area contributed by atoms with E-state index >= 15 is 0 Å². The average molecular weight is 410 g/mol. The quantitative estimate of drug-likeness (QED) is 0.720. The molecule has 1 heterocycles. The van der Waals surface area contributed by atoms with Gasteiger partial charge >= 0.3 is 12.2 Å². The summed E-state index contributed by atoms with van der Waals surface area (Å²) in [5.41, 5.74) is 0.140. The fourth-order valence-corrected chi connectivity index (χ4v) is 3.35. The Balaban J connectivity index is 2.08. The Morgan fingerprint density at radius 2 is 2.10 bits per heavy atom. The highest BCUT2D eigenvalue weighted by molar-refractivity contribution is 5.68. The molecule has 1 unspecified atom stereocenters. The van der Waals surface area contributed by atoms with Crippen molar-refractivity contribution in [1.29, 1.82) is 0 Å². The van der Waals surface area contributed by atoms with E-state index in [-0.39, 0.29) is 31.0 Å². The Hall–Kier alpha value is -2.35. The number of hydrogen-bond acceptors (Lipinski definition) is 5. The molecule has 2 rings (SSSR count). The average Bonchev–Trinajstić information content (AvgIpc) is 2.66. The molecular weight excluding hydrogens is 379 g/mol. The van der Waals surface area contributed by atoms with Crippen molar-refractivity contribution >= 4 is 12.2 Å². The summed E-state index contributed by atoms with van der Waals surface area (Å²) >= 11 is 0. The summed E-state index contributed by atoms with van der Waals surface area (Å²) in [6.07, 6.45) is 0.345. The number of rotatable bonds is 6. The number of halogens is 1. The fraction of sp³-hybridized carbons (Fsp3) is 0.619. The van der Waals surface area contributed by atoms with Crippen LogP contribution in [0.5, 0.6) is 0 Å². The summed E-state index contributed by atoms with van der Waals surface area (Å²) in [5.74, 6) is -0.361. The zero-order valence-corrected chi connectivity index (χ0v) is 17.6. The Morgan fingerprint density at radius 3 is 2.76 bits per heavy atom. The molecule has 1 aliphatic heterocycles. The maximum absolute atomic E-state index is 13.8. The van der Waals surface area contributed by atoms with Crippen LogP contribution >= 0.6 is 0 Å². The van der Waals surface area contributed by atoms with E-state index in [4.69, 9.17) is 9.47 Å². The first-order chi connectivity index (χ1) is 13.7. The third kappa shape index (κ3) is 7.53. The number of amides is 2. The number of alkyl carbamates (subject to hydrolysis) is 1. The zero-order chi connectivity index (χ0) is 21.4. The van der Waals surface area contributed by atoms with E-state index < -0.39 is 17.8 Å². The van der Waals surface area contributed by atoms with E-state index in [0.717, 1.165) is 12.8 Å². The molecule has 1 fully saturated rings. The van der Waals surface area contributed by atoms with Crippen LogP contribution in [0.4, 0.5) is 14.0 Å². The summed E-state index contributed by atoms with van der Waals surface area (Å²) < 4.78 is 29.9. The van der Waals surface area contributed by atoms with Gasteiger partial charge in [0.25, 0.3) is 0 Å². The van der Waals surface area contributed by atoms with Gasteiger partial charge in [-0.15, -0.1) is 0 Å². The first kappa shape index (κ1) is 22.9. The Bertz CT molecular complexity index is 692. The first-order valence-electron chi connectivity index (χ1n) is 9.86. The summed E-state index contributed by atoms with van der Waals surface area (Å²) in [5, 5.41) is 2.56. The number of carbonyl (C=O) groups is 2. The minimum absolute atomic E-state index is 0.0174. The SMILES string of the molecule is COC(=O)NCCO[C@@H](c1cccc(F)c1)C1CCCN(C(=O)OC(C)(C)C)C1. The third-order valence-electron chi connectivity index (χ3n) is 4.57. The number of hydrogen-bond donors (Lipinski definition) is 1. The van der Waals surface area contributed by atoms with Crippen molar-refractivity contribution in [3.05, 3.63) is 35.6 Å². The molecule has 8 heteroatoms. The van der Waals surface area contributed by atoms with Crippen LogP contribution in [0.25, 0.3) is 0 Å².